The van der Waals surface area contributed by atoms with Crippen LogP contribution in [0.4, 0.5) is 5.13 Å². The Labute approximate surface area is 173 Å². The quantitative estimate of drug-likeness (QED) is 0.597. The molecule has 1 atom stereocenters. The smallest absolute Gasteiger partial charge is 0.266 e. The monoisotopic (exact) mass is 431 g/mol. The number of primary sulfonamides is 1. The van der Waals surface area contributed by atoms with Crippen LogP contribution in [0.25, 0.3) is 0 Å². The standard InChI is InChI=1S/C20H21N3O4S2/c1-13-3-7-16(8-4-13)27-14(2)19(24)23-20-22-12-17(28-20)11-15-5-9-18(10-6-15)29(21,25)26/h3-10,12,14H,11H2,1-2H3,(H2,21,25,26)(H,22,23,24)/t14-/m0/s1. The van der Waals surface area contributed by atoms with Crippen molar-refractivity contribution in [1.29, 1.82) is 0 Å². The maximum atomic E-state index is 12.3. The van der Waals surface area contributed by atoms with Crippen LogP contribution in [0.15, 0.2) is 59.6 Å². The Kier molecular flexibility index (Phi) is 6.31. The Balaban J connectivity index is 1.58. The lowest BCUT2D eigenvalue weighted by molar-refractivity contribution is -0.122. The van der Waals surface area contributed by atoms with Crippen molar-refractivity contribution in [2.45, 2.75) is 31.3 Å². The lowest BCUT2D eigenvalue weighted by Crippen LogP contribution is -2.30. The number of aromatic nitrogens is 1. The first-order valence-corrected chi connectivity index (χ1v) is 11.2. The van der Waals surface area contributed by atoms with Gasteiger partial charge in [-0.05, 0) is 43.7 Å². The Morgan fingerprint density at radius 1 is 1.17 bits per heavy atom. The molecule has 0 aliphatic rings. The summed E-state index contributed by atoms with van der Waals surface area (Å²) >= 11 is 1.35. The van der Waals surface area contributed by atoms with Gasteiger partial charge in [-0.1, -0.05) is 29.8 Å². The molecule has 152 valence electrons. The largest absolute Gasteiger partial charge is 0.481 e. The molecule has 0 saturated carbocycles. The molecule has 2 aromatic carbocycles. The van der Waals surface area contributed by atoms with E-state index < -0.39 is 16.1 Å². The highest BCUT2D eigenvalue weighted by molar-refractivity contribution is 7.89. The highest BCUT2D eigenvalue weighted by Gasteiger charge is 2.16. The van der Waals surface area contributed by atoms with Crippen LogP contribution in [-0.4, -0.2) is 25.4 Å². The van der Waals surface area contributed by atoms with E-state index in [0.29, 0.717) is 17.3 Å². The highest BCUT2D eigenvalue weighted by Crippen LogP contribution is 2.22. The fourth-order valence-corrected chi connectivity index (χ4v) is 3.89. The average Bonchev–Trinajstić information content (AvgIpc) is 3.10. The molecule has 1 aromatic heterocycles. The molecule has 0 aliphatic heterocycles. The molecule has 0 saturated heterocycles. The van der Waals surface area contributed by atoms with E-state index in [9.17, 15) is 13.2 Å². The van der Waals surface area contributed by atoms with Crippen LogP contribution in [-0.2, 0) is 21.2 Å². The topological polar surface area (TPSA) is 111 Å². The van der Waals surface area contributed by atoms with Crippen LogP contribution >= 0.6 is 11.3 Å². The van der Waals surface area contributed by atoms with E-state index in [0.717, 1.165) is 16.0 Å². The molecule has 3 aromatic rings. The summed E-state index contributed by atoms with van der Waals surface area (Å²) in [7, 11) is -3.70. The van der Waals surface area contributed by atoms with Crippen LogP contribution in [0, 0.1) is 6.92 Å². The van der Waals surface area contributed by atoms with Crippen molar-refractivity contribution in [3.8, 4) is 5.75 Å². The Hall–Kier alpha value is -2.75. The van der Waals surface area contributed by atoms with Crippen LogP contribution in [0.5, 0.6) is 5.75 Å². The van der Waals surface area contributed by atoms with Crippen molar-refractivity contribution in [3.63, 3.8) is 0 Å². The molecule has 0 aliphatic carbocycles. The number of carbonyl (C=O) groups excluding carboxylic acids is 1. The minimum absolute atomic E-state index is 0.0704. The van der Waals surface area contributed by atoms with Crippen molar-refractivity contribution >= 4 is 32.4 Å². The zero-order valence-corrected chi connectivity index (χ0v) is 17.6. The van der Waals surface area contributed by atoms with E-state index in [1.165, 1.54) is 23.5 Å². The van der Waals surface area contributed by atoms with Crippen LogP contribution in [0.1, 0.15) is 22.9 Å². The molecule has 3 rings (SSSR count). The zero-order chi connectivity index (χ0) is 21.0. The number of anilines is 1. The van der Waals surface area contributed by atoms with Gasteiger partial charge in [0.15, 0.2) is 11.2 Å². The van der Waals surface area contributed by atoms with Crippen LogP contribution < -0.4 is 15.2 Å². The summed E-state index contributed by atoms with van der Waals surface area (Å²) in [6.45, 7) is 3.66. The third-order valence-corrected chi connectivity index (χ3v) is 5.96. The second-order valence-corrected chi connectivity index (χ2v) is 9.24. The van der Waals surface area contributed by atoms with Crippen LogP contribution in [0.3, 0.4) is 0 Å². The number of rotatable bonds is 7. The molecule has 1 amide bonds. The third kappa shape index (κ3) is 5.86. The van der Waals surface area contributed by atoms with Crippen molar-refractivity contribution < 1.29 is 17.9 Å². The first-order chi connectivity index (χ1) is 13.7. The third-order valence-electron chi connectivity index (χ3n) is 4.12. The lowest BCUT2D eigenvalue weighted by atomic mass is 10.1. The summed E-state index contributed by atoms with van der Waals surface area (Å²) in [5.41, 5.74) is 2.03. The SMILES string of the molecule is Cc1ccc(O[C@@H](C)C(=O)Nc2ncc(Cc3ccc(S(N)(=O)=O)cc3)s2)cc1. The number of thiazole rings is 1. The highest BCUT2D eigenvalue weighted by atomic mass is 32.2. The summed E-state index contributed by atoms with van der Waals surface area (Å²) in [6, 6.07) is 13.8. The number of nitrogens with zero attached hydrogens (tertiary/aromatic N) is 1. The molecule has 29 heavy (non-hydrogen) atoms. The molecule has 0 unspecified atom stereocenters. The van der Waals surface area contributed by atoms with Crippen molar-refractivity contribution in [1.82, 2.24) is 4.98 Å². The Bertz CT molecular complexity index is 1090. The number of ether oxygens (including phenoxy) is 1. The number of hydrogen-bond acceptors (Lipinski definition) is 6. The predicted molar refractivity (Wildman–Crippen MR) is 113 cm³/mol. The fraction of sp³-hybridized carbons (Fsp3) is 0.200. The minimum Gasteiger partial charge on any atom is -0.481 e. The van der Waals surface area contributed by atoms with E-state index in [2.05, 4.69) is 10.3 Å². The fourth-order valence-electron chi connectivity index (χ4n) is 2.53. The number of hydrogen-bond donors (Lipinski definition) is 2. The maximum Gasteiger partial charge on any atom is 0.266 e. The van der Waals surface area contributed by atoms with E-state index in [4.69, 9.17) is 9.88 Å². The Morgan fingerprint density at radius 3 is 2.45 bits per heavy atom. The number of aryl methyl sites for hydroxylation is 1. The van der Waals surface area contributed by atoms with Gasteiger partial charge in [-0.2, -0.15) is 0 Å². The number of amides is 1. The van der Waals surface area contributed by atoms with Gasteiger partial charge in [0, 0.05) is 17.5 Å². The van der Waals surface area contributed by atoms with Gasteiger partial charge >= 0.3 is 0 Å². The van der Waals surface area contributed by atoms with E-state index in [1.807, 2.05) is 31.2 Å². The van der Waals surface area contributed by atoms with Gasteiger partial charge in [0.25, 0.3) is 5.91 Å². The molecule has 7 nitrogen and oxygen atoms in total. The van der Waals surface area contributed by atoms with Gasteiger partial charge in [0.1, 0.15) is 5.75 Å². The van der Waals surface area contributed by atoms with Gasteiger partial charge in [-0.3, -0.25) is 10.1 Å². The molecule has 3 N–H and O–H groups in total. The van der Waals surface area contributed by atoms with Crippen molar-refractivity contribution in [2.24, 2.45) is 5.14 Å². The van der Waals surface area contributed by atoms with Crippen LogP contribution in [0.2, 0.25) is 0 Å². The molecule has 0 spiro atoms. The predicted octanol–water partition coefficient (Wildman–Crippen LogP) is 3.10. The second kappa shape index (κ2) is 8.73. The van der Waals surface area contributed by atoms with Gasteiger partial charge < -0.3 is 4.74 Å². The first-order valence-electron chi connectivity index (χ1n) is 8.81. The number of carbonyl (C=O) groups is 1. The van der Waals surface area contributed by atoms with Crippen molar-refractivity contribution in [2.75, 3.05) is 5.32 Å². The number of nitrogens with two attached hydrogens (primary N) is 1. The number of nitrogens with one attached hydrogen (secondary N) is 1. The summed E-state index contributed by atoms with van der Waals surface area (Å²) in [5, 5.41) is 8.34. The summed E-state index contributed by atoms with van der Waals surface area (Å²) in [5.74, 6) is 0.338. The van der Waals surface area contributed by atoms with E-state index in [1.54, 1.807) is 25.3 Å². The molecule has 0 radical (unpaired) electrons. The zero-order valence-electron chi connectivity index (χ0n) is 16.0. The molecule has 1 heterocycles. The molecule has 0 fully saturated rings. The molecular formula is C20H21N3O4S2. The van der Waals surface area contributed by atoms with Crippen molar-refractivity contribution in [3.05, 3.63) is 70.7 Å². The molecular weight excluding hydrogens is 410 g/mol. The maximum absolute atomic E-state index is 12.3. The van der Waals surface area contributed by atoms with E-state index >= 15 is 0 Å². The first kappa shape index (κ1) is 21.0. The minimum atomic E-state index is -3.70. The molecule has 0 bridgehead atoms. The normalized spacial score (nSPS) is 12.4. The van der Waals surface area contributed by atoms with Gasteiger partial charge in [0.2, 0.25) is 10.0 Å². The van der Waals surface area contributed by atoms with Gasteiger partial charge in [0.05, 0.1) is 4.90 Å². The Morgan fingerprint density at radius 2 is 1.83 bits per heavy atom. The summed E-state index contributed by atoms with van der Waals surface area (Å²) < 4.78 is 28.3. The average molecular weight is 432 g/mol. The summed E-state index contributed by atoms with van der Waals surface area (Å²) in [6.07, 6.45) is 1.57. The van der Waals surface area contributed by atoms with Gasteiger partial charge in [-0.25, -0.2) is 18.5 Å². The number of sulfonamides is 1. The van der Waals surface area contributed by atoms with E-state index in [-0.39, 0.29) is 10.8 Å². The second-order valence-electron chi connectivity index (χ2n) is 6.56. The lowest BCUT2D eigenvalue weighted by Gasteiger charge is -2.13. The molecule has 9 heteroatoms. The summed E-state index contributed by atoms with van der Waals surface area (Å²) in [4.78, 5) is 17.6. The van der Waals surface area contributed by atoms with Gasteiger partial charge in [-0.15, -0.1) is 11.3 Å². The number of benzene rings is 2.